The van der Waals surface area contributed by atoms with E-state index in [1.165, 1.54) is 77.2 Å². The Bertz CT molecular complexity index is 2100. The van der Waals surface area contributed by atoms with E-state index in [9.17, 15) is 0 Å². The van der Waals surface area contributed by atoms with Gasteiger partial charge in [-0.15, -0.1) is 0 Å². The topological polar surface area (TPSA) is 9.86 Å². The van der Waals surface area contributed by atoms with Crippen molar-refractivity contribution in [3.8, 4) is 22.5 Å². The van der Waals surface area contributed by atoms with E-state index in [2.05, 4.69) is 156 Å². The summed E-state index contributed by atoms with van der Waals surface area (Å²) in [7, 11) is 0. The SMILES string of the molecule is Cc1ccc2c3ccc(C)cc3n(-c3ccc(-c4ccc(-n5c6ccccc6c6ccccc65)cc4)cc3)c2c1. The van der Waals surface area contributed by atoms with Crippen molar-refractivity contribution in [2.45, 2.75) is 13.8 Å². The predicted octanol–water partition coefficient (Wildman–Crippen LogP) is 10.2. The number of aryl methyl sites for hydroxylation is 2. The first-order chi connectivity index (χ1) is 19.7. The summed E-state index contributed by atoms with van der Waals surface area (Å²) >= 11 is 0. The van der Waals surface area contributed by atoms with Crippen LogP contribution in [-0.2, 0) is 0 Å². The average molecular weight is 513 g/mol. The molecule has 0 saturated heterocycles. The zero-order valence-electron chi connectivity index (χ0n) is 22.6. The lowest BCUT2D eigenvalue weighted by Gasteiger charge is -2.11. The van der Waals surface area contributed by atoms with E-state index in [1.807, 2.05) is 0 Å². The molecule has 2 nitrogen and oxygen atoms in total. The number of benzene rings is 6. The van der Waals surface area contributed by atoms with E-state index in [0.29, 0.717) is 0 Å². The summed E-state index contributed by atoms with van der Waals surface area (Å²) < 4.78 is 4.77. The van der Waals surface area contributed by atoms with Gasteiger partial charge in [0.25, 0.3) is 0 Å². The molecular weight excluding hydrogens is 484 g/mol. The van der Waals surface area contributed by atoms with Gasteiger partial charge in [-0.3, -0.25) is 0 Å². The summed E-state index contributed by atoms with van der Waals surface area (Å²) in [5.74, 6) is 0. The summed E-state index contributed by atoms with van der Waals surface area (Å²) in [5.41, 5.74) is 12.3. The minimum atomic E-state index is 1.17. The summed E-state index contributed by atoms with van der Waals surface area (Å²) in [6, 6.07) is 48.8. The van der Waals surface area contributed by atoms with Gasteiger partial charge in [-0.2, -0.15) is 0 Å². The van der Waals surface area contributed by atoms with Crippen LogP contribution in [0.1, 0.15) is 11.1 Å². The van der Waals surface area contributed by atoms with Crippen LogP contribution in [-0.4, -0.2) is 9.13 Å². The van der Waals surface area contributed by atoms with Gasteiger partial charge in [-0.1, -0.05) is 84.9 Å². The molecule has 0 amide bonds. The summed E-state index contributed by atoms with van der Waals surface area (Å²) in [6.07, 6.45) is 0. The van der Waals surface area contributed by atoms with Gasteiger partial charge in [0.2, 0.25) is 0 Å². The van der Waals surface area contributed by atoms with Crippen LogP contribution in [0.4, 0.5) is 0 Å². The molecule has 0 fully saturated rings. The maximum Gasteiger partial charge on any atom is 0.0543 e. The number of nitrogens with zero attached hydrogens (tertiary/aromatic N) is 2. The second kappa shape index (κ2) is 8.72. The average Bonchev–Trinajstić information content (AvgIpc) is 3.49. The molecule has 2 heteroatoms. The molecular formula is C38H28N2. The highest BCUT2D eigenvalue weighted by Gasteiger charge is 2.14. The third kappa shape index (κ3) is 3.43. The molecule has 0 radical (unpaired) electrons. The van der Waals surface area contributed by atoms with Crippen molar-refractivity contribution in [2.75, 3.05) is 0 Å². The van der Waals surface area contributed by atoms with E-state index in [-0.39, 0.29) is 0 Å². The summed E-state index contributed by atoms with van der Waals surface area (Å²) in [4.78, 5) is 0. The van der Waals surface area contributed by atoms with Gasteiger partial charge in [-0.25, -0.2) is 0 Å². The van der Waals surface area contributed by atoms with Crippen LogP contribution in [0.25, 0.3) is 66.1 Å². The zero-order valence-corrected chi connectivity index (χ0v) is 22.6. The second-order valence-corrected chi connectivity index (χ2v) is 10.8. The van der Waals surface area contributed by atoms with Gasteiger partial charge in [0.15, 0.2) is 0 Å². The third-order valence-electron chi connectivity index (χ3n) is 8.24. The smallest absolute Gasteiger partial charge is 0.0543 e. The van der Waals surface area contributed by atoms with Crippen molar-refractivity contribution in [1.82, 2.24) is 9.13 Å². The number of para-hydroxylation sites is 2. The van der Waals surface area contributed by atoms with Crippen LogP contribution in [0.2, 0.25) is 0 Å². The van der Waals surface area contributed by atoms with Crippen molar-refractivity contribution in [2.24, 2.45) is 0 Å². The summed E-state index contributed by atoms with van der Waals surface area (Å²) in [5, 5.41) is 5.16. The summed E-state index contributed by atoms with van der Waals surface area (Å²) in [6.45, 7) is 4.33. The lowest BCUT2D eigenvalue weighted by atomic mass is 10.0. The molecule has 2 aromatic heterocycles. The highest BCUT2D eigenvalue weighted by molar-refractivity contribution is 6.10. The van der Waals surface area contributed by atoms with Crippen LogP contribution in [0.5, 0.6) is 0 Å². The Balaban J connectivity index is 1.20. The van der Waals surface area contributed by atoms with E-state index >= 15 is 0 Å². The quantitative estimate of drug-likeness (QED) is 0.223. The fourth-order valence-corrected chi connectivity index (χ4v) is 6.32. The Morgan fingerprint density at radius 1 is 0.350 bits per heavy atom. The Labute approximate surface area is 233 Å². The minimum absolute atomic E-state index is 1.17. The van der Waals surface area contributed by atoms with Crippen LogP contribution in [0.3, 0.4) is 0 Å². The van der Waals surface area contributed by atoms with Crippen molar-refractivity contribution in [3.63, 3.8) is 0 Å². The standard InChI is InChI=1S/C38H28N2/c1-25-11-21-33-34-22-12-26(2)24-38(34)40(37(33)23-25)30-19-15-28(16-20-30)27-13-17-29(18-14-27)39-35-9-5-3-7-31(35)32-8-4-6-10-36(32)39/h3-24H,1-2H3. The van der Waals surface area contributed by atoms with Crippen LogP contribution < -0.4 is 0 Å². The Hall–Kier alpha value is -5.08. The largest absolute Gasteiger partial charge is 0.309 e. The molecule has 0 N–H and O–H groups in total. The molecule has 0 saturated carbocycles. The molecule has 0 bridgehead atoms. The maximum absolute atomic E-state index is 2.40. The molecule has 2 heterocycles. The molecule has 8 aromatic rings. The lowest BCUT2D eigenvalue weighted by Crippen LogP contribution is -1.95. The normalized spacial score (nSPS) is 11.8. The highest BCUT2D eigenvalue weighted by Crippen LogP contribution is 2.35. The van der Waals surface area contributed by atoms with Crippen molar-refractivity contribution in [3.05, 3.63) is 145 Å². The van der Waals surface area contributed by atoms with E-state index in [1.54, 1.807) is 0 Å². The number of fused-ring (bicyclic) bond motifs is 6. The molecule has 0 aliphatic rings. The fraction of sp³-hybridized carbons (Fsp3) is 0.0526. The van der Waals surface area contributed by atoms with Gasteiger partial charge in [0.1, 0.15) is 0 Å². The van der Waals surface area contributed by atoms with Gasteiger partial charge in [-0.05, 0) is 84.6 Å². The van der Waals surface area contributed by atoms with Gasteiger partial charge in [0.05, 0.1) is 22.1 Å². The molecule has 8 rings (SSSR count). The van der Waals surface area contributed by atoms with Crippen LogP contribution >= 0.6 is 0 Å². The first-order valence-electron chi connectivity index (χ1n) is 13.9. The molecule has 0 aliphatic carbocycles. The maximum atomic E-state index is 2.40. The van der Waals surface area contributed by atoms with Gasteiger partial charge < -0.3 is 9.13 Å². The molecule has 0 spiro atoms. The predicted molar refractivity (Wildman–Crippen MR) is 170 cm³/mol. The first kappa shape index (κ1) is 22.9. The monoisotopic (exact) mass is 512 g/mol. The lowest BCUT2D eigenvalue weighted by molar-refractivity contribution is 1.17. The third-order valence-corrected chi connectivity index (χ3v) is 8.24. The minimum Gasteiger partial charge on any atom is -0.309 e. The number of rotatable bonds is 3. The Kier molecular flexibility index (Phi) is 4.99. The van der Waals surface area contributed by atoms with Gasteiger partial charge >= 0.3 is 0 Å². The molecule has 190 valence electrons. The number of hydrogen-bond donors (Lipinski definition) is 0. The Morgan fingerprint density at radius 2 is 0.725 bits per heavy atom. The molecule has 6 aromatic carbocycles. The molecule has 0 atom stereocenters. The van der Waals surface area contributed by atoms with Crippen LogP contribution in [0, 0.1) is 13.8 Å². The van der Waals surface area contributed by atoms with Gasteiger partial charge in [0, 0.05) is 32.9 Å². The number of aromatic nitrogens is 2. The van der Waals surface area contributed by atoms with Crippen molar-refractivity contribution in [1.29, 1.82) is 0 Å². The van der Waals surface area contributed by atoms with Crippen LogP contribution in [0.15, 0.2) is 133 Å². The van der Waals surface area contributed by atoms with Crippen molar-refractivity contribution >= 4 is 43.6 Å². The number of hydrogen-bond acceptors (Lipinski definition) is 0. The van der Waals surface area contributed by atoms with E-state index in [4.69, 9.17) is 0 Å². The van der Waals surface area contributed by atoms with E-state index < -0.39 is 0 Å². The molecule has 0 unspecified atom stereocenters. The second-order valence-electron chi connectivity index (χ2n) is 10.8. The van der Waals surface area contributed by atoms with E-state index in [0.717, 1.165) is 0 Å². The molecule has 0 aliphatic heterocycles. The molecule has 40 heavy (non-hydrogen) atoms. The van der Waals surface area contributed by atoms with Crippen molar-refractivity contribution < 1.29 is 0 Å². The highest BCUT2D eigenvalue weighted by atomic mass is 15.0. The zero-order chi connectivity index (χ0) is 26.8. The first-order valence-corrected chi connectivity index (χ1v) is 13.9. The Morgan fingerprint density at radius 3 is 1.18 bits per heavy atom. The fourth-order valence-electron chi connectivity index (χ4n) is 6.32.